The van der Waals surface area contributed by atoms with Gasteiger partial charge in [0.15, 0.2) is 0 Å². The molecular formula is C12H14N2. The van der Waals surface area contributed by atoms with Gasteiger partial charge in [-0.1, -0.05) is 12.1 Å². The van der Waals surface area contributed by atoms with Crippen LogP contribution in [0.15, 0.2) is 24.3 Å². The Labute approximate surface area is 84.8 Å². The molecule has 0 spiro atoms. The van der Waals surface area contributed by atoms with Crippen LogP contribution in [-0.4, -0.2) is 14.1 Å². The summed E-state index contributed by atoms with van der Waals surface area (Å²) in [5.74, 6) is 0. The van der Waals surface area contributed by atoms with Gasteiger partial charge in [-0.3, -0.25) is 0 Å². The zero-order valence-electron chi connectivity index (χ0n) is 8.62. The minimum absolute atomic E-state index is 0.148. The van der Waals surface area contributed by atoms with Gasteiger partial charge in [0.2, 0.25) is 0 Å². The van der Waals surface area contributed by atoms with Crippen molar-refractivity contribution >= 4 is 5.69 Å². The minimum Gasteiger partial charge on any atom is -0.378 e. The number of hydrogen-bond donors (Lipinski definition) is 0. The average molecular weight is 186 g/mol. The van der Waals surface area contributed by atoms with Crippen LogP contribution in [0.4, 0.5) is 5.69 Å². The maximum atomic E-state index is 9.03. The van der Waals surface area contributed by atoms with E-state index in [1.807, 2.05) is 14.1 Å². The molecule has 0 heterocycles. The zero-order chi connectivity index (χ0) is 10.2. The molecule has 0 atom stereocenters. The summed E-state index contributed by atoms with van der Waals surface area (Å²) >= 11 is 0. The molecule has 0 saturated heterocycles. The molecule has 0 aliphatic heterocycles. The number of benzene rings is 1. The predicted molar refractivity (Wildman–Crippen MR) is 57.3 cm³/mol. The van der Waals surface area contributed by atoms with E-state index >= 15 is 0 Å². The first-order chi connectivity index (χ1) is 6.68. The first-order valence-electron chi connectivity index (χ1n) is 4.87. The fraction of sp³-hybridized carbons (Fsp3) is 0.417. The third-order valence-electron chi connectivity index (χ3n) is 2.90. The molecule has 2 nitrogen and oxygen atoms in total. The van der Waals surface area contributed by atoms with Crippen molar-refractivity contribution in [1.82, 2.24) is 0 Å². The second-order valence-electron chi connectivity index (χ2n) is 4.14. The first kappa shape index (κ1) is 9.08. The summed E-state index contributed by atoms with van der Waals surface area (Å²) in [4.78, 5) is 2.07. The Hall–Kier alpha value is -1.49. The van der Waals surface area contributed by atoms with Gasteiger partial charge in [-0.15, -0.1) is 0 Å². The van der Waals surface area contributed by atoms with Crippen LogP contribution in [0.1, 0.15) is 18.4 Å². The summed E-state index contributed by atoms with van der Waals surface area (Å²) in [5, 5.41) is 9.03. The molecule has 1 aliphatic rings. The predicted octanol–water partition coefficient (Wildman–Crippen LogP) is 2.31. The number of rotatable bonds is 2. The lowest BCUT2D eigenvalue weighted by molar-refractivity contribution is 0.907. The Balaban J connectivity index is 2.28. The van der Waals surface area contributed by atoms with Crippen molar-refractivity contribution in [1.29, 1.82) is 5.26 Å². The van der Waals surface area contributed by atoms with E-state index in [2.05, 4.69) is 35.2 Å². The molecule has 1 fully saturated rings. The molecule has 0 bridgehead atoms. The van der Waals surface area contributed by atoms with E-state index < -0.39 is 0 Å². The van der Waals surface area contributed by atoms with Crippen LogP contribution in [0.2, 0.25) is 0 Å². The Bertz CT molecular complexity index is 366. The Morgan fingerprint density at radius 3 is 2.14 bits per heavy atom. The summed E-state index contributed by atoms with van der Waals surface area (Å²) in [6, 6.07) is 10.7. The minimum atomic E-state index is -0.148. The average Bonchev–Trinajstić information content (AvgIpc) is 2.99. The number of anilines is 1. The van der Waals surface area contributed by atoms with Crippen LogP contribution in [0, 0.1) is 11.3 Å². The Morgan fingerprint density at radius 2 is 1.79 bits per heavy atom. The normalized spacial score (nSPS) is 17.2. The van der Waals surface area contributed by atoms with E-state index in [-0.39, 0.29) is 5.41 Å². The maximum Gasteiger partial charge on any atom is 0.0823 e. The van der Waals surface area contributed by atoms with Crippen molar-refractivity contribution in [2.24, 2.45) is 0 Å². The largest absolute Gasteiger partial charge is 0.378 e. The smallest absolute Gasteiger partial charge is 0.0823 e. The third kappa shape index (κ3) is 1.35. The van der Waals surface area contributed by atoms with Gasteiger partial charge in [-0.25, -0.2) is 0 Å². The molecule has 0 N–H and O–H groups in total. The van der Waals surface area contributed by atoms with Gasteiger partial charge in [0.1, 0.15) is 0 Å². The number of nitriles is 1. The molecular weight excluding hydrogens is 172 g/mol. The highest BCUT2D eigenvalue weighted by atomic mass is 15.1. The fourth-order valence-electron chi connectivity index (χ4n) is 1.67. The molecule has 0 amide bonds. The van der Waals surface area contributed by atoms with Crippen molar-refractivity contribution in [3.05, 3.63) is 29.8 Å². The van der Waals surface area contributed by atoms with Crippen molar-refractivity contribution < 1.29 is 0 Å². The summed E-state index contributed by atoms with van der Waals surface area (Å²) in [5.41, 5.74) is 2.21. The van der Waals surface area contributed by atoms with Crippen molar-refractivity contribution in [2.75, 3.05) is 19.0 Å². The molecule has 1 aromatic carbocycles. The van der Waals surface area contributed by atoms with E-state index in [1.165, 1.54) is 11.3 Å². The zero-order valence-corrected chi connectivity index (χ0v) is 8.62. The SMILES string of the molecule is CN(C)c1ccc(C2(C#N)CC2)cc1. The van der Waals surface area contributed by atoms with Crippen LogP contribution in [0.3, 0.4) is 0 Å². The maximum absolute atomic E-state index is 9.03. The van der Waals surface area contributed by atoms with E-state index in [4.69, 9.17) is 5.26 Å². The van der Waals surface area contributed by atoms with Crippen LogP contribution in [-0.2, 0) is 5.41 Å². The summed E-state index contributed by atoms with van der Waals surface area (Å²) in [6.07, 6.45) is 2.04. The molecule has 2 rings (SSSR count). The molecule has 0 unspecified atom stereocenters. The lowest BCUT2D eigenvalue weighted by Crippen LogP contribution is -2.09. The van der Waals surface area contributed by atoms with Gasteiger partial charge >= 0.3 is 0 Å². The third-order valence-corrected chi connectivity index (χ3v) is 2.90. The van der Waals surface area contributed by atoms with Gasteiger partial charge in [0.25, 0.3) is 0 Å². The molecule has 14 heavy (non-hydrogen) atoms. The Morgan fingerprint density at radius 1 is 1.21 bits per heavy atom. The van der Waals surface area contributed by atoms with Gasteiger partial charge < -0.3 is 4.90 Å². The number of hydrogen-bond acceptors (Lipinski definition) is 2. The van der Waals surface area contributed by atoms with Gasteiger partial charge in [-0.2, -0.15) is 5.26 Å². The van der Waals surface area contributed by atoms with Gasteiger partial charge in [-0.05, 0) is 30.5 Å². The van der Waals surface area contributed by atoms with Crippen molar-refractivity contribution in [3.63, 3.8) is 0 Å². The molecule has 0 radical (unpaired) electrons. The highest BCUT2D eigenvalue weighted by Gasteiger charge is 2.44. The molecule has 2 heteroatoms. The van der Waals surface area contributed by atoms with Crippen LogP contribution in [0.25, 0.3) is 0 Å². The topological polar surface area (TPSA) is 27.0 Å². The van der Waals surface area contributed by atoms with E-state index in [9.17, 15) is 0 Å². The standard InChI is InChI=1S/C12H14N2/c1-14(2)11-5-3-10(4-6-11)12(9-13)7-8-12/h3-6H,7-8H2,1-2H3. The summed E-state index contributed by atoms with van der Waals surface area (Å²) in [6.45, 7) is 0. The van der Waals surface area contributed by atoms with Crippen LogP contribution < -0.4 is 4.90 Å². The molecule has 0 aromatic heterocycles. The van der Waals surface area contributed by atoms with Crippen LogP contribution >= 0.6 is 0 Å². The fourth-order valence-corrected chi connectivity index (χ4v) is 1.67. The summed E-state index contributed by atoms with van der Waals surface area (Å²) < 4.78 is 0. The van der Waals surface area contributed by atoms with Gasteiger partial charge in [0.05, 0.1) is 11.5 Å². The van der Waals surface area contributed by atoms with Crippen LogP contribution in [0.5, 0.6) is 0 Å². The highest BCUT2D eigenvalue weighted by molar-refractivity contribution is 5.50. The lowest BCUT2D eigenvalue weighted by atomic mass is 9.97. The first-order valence-corrected chi connectivity index (χ1v) is 4.87. The van der Waals surface area contributed by atoms with E-state index in [0.717, 1.165) is 12.8 Å². The van der Waals surface area contributed by atoms with E-state index in [1.54, 1.807) is 0 Å². The lowest BCUT2D eigenvalue weighted by Gasteiger charge is -2.13. The molecule has 1 aliphatic carbocycles. The quantitative estimate of drug-likeness (QED) is 0.708. The molecule has 72 valence electrons. The summed E-state index contributed by atoms with van der Waals surface area (Å²) in [7, 11) is 4.04. The molecule has 1 aromatic rings. The van der Waals surface area contributed by atoms with Gasteiger partial charge in [0, 0.05) is 19.8 Å². The second-order valence-corrected chi connectivity index (χ2v) is 4.14. The van der Waals surface area contributed by atoms with E-state index in [0.29, 0.717) is 0 Å². The Kier molecular flexibility index (Phi) is 1.96. The highest BCUT2D eigenvalue weighted by Crippen LogP contribution is 2.47. The second kappa shape index (κ2) is 3.02. The molecule has 1 saturated carbocycles. The van der Waals surface area contributed by atoms with Crippen molar-refractivity contribution in [2.45, 2.75) is 18.3 Å². The number of nitrogens with zero attached hydrogens (tertiary/aromatic N) is 2. The van der Waals surface area contributed by atoms with Crippen molar-refractivity contribution in [3.8, 4) is 6.07 Å². The monoisotopic (exact) mass is 186 g/mol.